The van der Waals surface area contributed by atoms with Gasteiger partial charge in [-0.1, -0.05) is 194 Å². The van der Waals surface area contributed by atoms with E-state index >= 15 is 0 Å². The summed E-state index contributed by atoms with van der Waals surface area (Å²) in [5, 5.41) is 8.72. The molecule has 1 atom stereocenters. The molecule has 0 spiro atoms. The molecule has 0 saturated heterocycles. The van der Waals surface area contributed by atoms with Crippen molar-refractivity contribution in [1.82, 2.24) is 0 Å². The van der Waals surface area contributed by atoms with E-state index in [-0.39, 0.29) is 12.1 Å². The molecule has 0 aliphatic heterocycles. The molecular formula is C41H80O4. The maximum Gasteiger partial charge on any atom is 0.306 e. The first-order valence-corrected chi connectivity index (χ1v) is 20.5. The van der Waals surface area contributed by atoms with Gasteiger partial charge in [0, 0.05) is 12.8 Å². The summed E-state index contributed by atoms with van der Waals surface area (Å²) in [5.74, 6) is -0.628. The normalized spacial score (nSPS) is 12.0. The zero-order valence-electron chi connectivity index (χ0n) is 30.7. The van der Waals surface area contributed by atoms with Crippen LogP contribution in [0.5, 0.6) is 0 Å². The summed E-state index contributed by atoms with van der Waals surface area (Å²) in [6.07, 6.45) is 44.2. The average molecular weight is 637 g/mol. The Morgan fingerprint density at radius 2 is 0.667 bits per heavy atom. The van der Waals surface area contributed by atoms with Crippen LogP contribution in [0.3, 0.4) is 0 Å². The lowest BCUT2D eigenvalue weighted by molar-refractivity contribution is -0.150. The van der Waals surface area contributed by atoms with E-state index in [1.807, 2.05) is 0 Å². The molecule has 1 N–H and O–H groups in total. The number of ether oxygens (including phenoxy) is 1. The highest BCUT2D eigenvalue weighted by Gasteiger charge is 2.14. The van der Waals surface area contributed by atoms with E-state index in [2.05, 4.69) is 13.8 Å². The third kappa shape index (κ3) is 37.3. The van der Waals surface area contributed by atoms with Crippen LogP contribution in [0.4, 0.5) is 0 Å². The smallest absolute Gasteiger partial charge is 0.306 e. The first-order chi connectivity index (χ1) is 22.1. The van der Waals surface area contributed by atoms with Gasteiger partial charge in [0.05, 0.1) is 0 Å². The second-order valence-electron chi connectivity index (χ2n) is 14.2. The van der Waals surface area contributed by atoms with Gasteiger partial charge in [-0.3, -0.25) is 9.59 Å². The molecule has 268 valence electrons. The highest BCUT2D eigenvalue weighted by Crippen LogP contribution is 2.19. The predicted molar refractivity (Wildman–Crippen MR) is 195 cm³/mol. The fourth-order valence-corrected chi connectivity index (χ4v) is 6.54. The first kappa shape index (κ1) is 43.9. The largest absolute Gasteiger partial charge is 0.481 e. The first-order valence-electron chi connectivity index (χ1n) is 20.5. The van der Waals surface area contributed by atoms with Crippen LogP contribution in [0, 0.1) is 0 Å². The Morgan fingerprint density at radius 3 is 0.978 bits per heavy atom. The standard InChI is InChI=1S/C41H80O4/c1-3-5-7-9-11-13-14-15-16-17-22-26-30-34-38-41(44)45-39(35-31-27-23-12-10-8-6-4-2)36-32-28-24-20-18-19-21-25-29-33-37-40(42)43/h39H,3-38H2,1-2H3,(H,42,43). The second kappa shape index (κ2) is 37.4. The molecule has 0 bridgehead atoms. The average Bonchev–Trinajstić information content (AvgIpc) is 3.02. The Labute approximate surface area is 282 Å². The number of rotatable bonds is 38. The van der Waals surface area contributed by atoms with Crippen LogP contribution in [0.1, 0.15) is 245 Å². The van der Waals surface area contributed by atoms with Crippen LogP contribution in [0.2, 0.25) is 0 Å². The van der Waals surface area contributed by atoms with Crippen LogP contribution in [-0.2, 0) is 14.3 Å². The number of carboxylic acid groups (broad SMARTS) is 1. The molecule has 0 aliphatic carbocycles. The van der Waals surface area contributed by atoms with Crippen molar-refractivity contribution in [3.8, 4) is 0 Å². The lowest BCUT2D eigenvalue weighted by atomic mass is 10.0. The topological polar surface area (TPSA) is 63.6 Å². The summed E-state index contributed by atoms with van der Waals surface area (Å²) in [6, 6.07) is 0. The van der Waals surface area contributed by atoms with Gasteiger partial charge in [0.2, 0.25) is 0 Å². The summed E-state index contributed by atoms with van der Waals surface area (Å²) in [7, 11) is 0. The van der Waals surface area contributed by atoms with E-state index in [1.165, 1.54) is 180 Å². The molecule has 0 rings (SSSR count). The molecule has 0 saturated carbocycles. The van der Waals surface area contributed by atoms with Crippen LogP contribution >= 0.6 is 0 Å². The SMILES string of the molecule is CCCCCCCCCCCCCCCCC(=O)OC(CCCCCCCCCC)CCCCCCCCCCCCC(=O)O. The molecule has 4 nitrogen and oxygen atoms in total. The minimum Gasteiger partial charge on any atom is -0.481 e. The van der Waals surface area contributed by atoms with Crippen LogP contribution in [0.25, 0.3) is 0 Å². The Morgan fingerprint density at radius 1 is 0.400 bits per heavy atom. The van der Waals surface area contributed by atoms with Crippen molar-refractivity contribution in [2.24, 2.45) is 0 Å². The summed E-state index contributed by atoms with van der Waals surface area (Å²) < 4.78 is 6.05. The number of unbranched alkanes of at least 4 members (excludes halogenated alkanes) is 29. The zero-order chi connectivity index (χ0) is 32.9. The molecule has 0 aromatic heterocycles. The van der Waals surface area contributed by atoms with Crippen LogP contribution in [0.15, 0.2) is 0 Å². The molecule has 45 heavy (non-hydrogen) atoms. The summed E-state index contributed by atoms with van der Waals surface area (Å²) >= 11 is 0. The van der Waals surface area contributed by atoms with Gasteiger partial charge >= 0.3 is 11.9 Å². The van der Waals surface area contributed by atoms with Gasteiger partial charge in [-0.25, -0.2) is 0 Å². The maximum atomic E-state index is 12.7. The van der Waals surface area contributed by atoms with Gasteiger partial charge in [0.15, 0.2) is 0 Å². The monoisotopic (exact) mass is 637 g/mol. The fourth-order valence-electron chi connectivity index (χ4n) is 6.54. The second-order valence-corrected chi connectivity index (χ2v) is 14.2. The fraction of sp³-hybridized carbons (Fsp3) is 0.951. The van der Waals surface area contributed by atoms with Crippen molar-refractivity contribution in [3.63, 3.8) is 0 Å². The molecule has 1 unspecified atom stereocenters. The number of hydrogen-bond donors (Lipinski definition) is 1. The van der Waals surface area contributed by atoms with Crippen molar-refractivity contribution < 1.29 is 19.4 Å². The van der Waals surface area contributed by atoms with Gasteiger partial charge in [-0.2, -0.15) is 0 Å². The predicted octanol–water partition coefficient (Wildman–Crippen LogP) is 14.1. The number of aliphatic carboxylic acids is 1. The van der Waals surface area contributed by atoms with Gasteiger partial charge in [-0.05, 0) is 38.5 Å². The number of carbonyl (C=O) groups is 2. The molecule has 0 heterocycles. The van der Waals surface area contributed by atoms with Crippen molar-refractivity contribution in [2.75, 3.05) is 0 Å². The van der Waals surface area contributed by atoms with Crippen LogP contribution < -0.4 is 0 Å². The molecule has 0 aromatic carbocycles. The minimum absolute atomic E-state index is 0.0434. The van der Waals surface area contributed by atoms with Gasteiger partial charge < -0.3 is 9.84 Å². The summed E-state index contributed by atoms with van der Waals surface area (Å²) in [6.45, 7) is 4.56. The van der Waals surface area contributed by atoms with Crippen molar-refractivity contribution in [2.45, 2.75) is 251 Å². The van der Waals surface area contributed by atoms with E-state index in [9.17, 15) is 9.59 Å². The number of hydrogen-bond acceptors (Lipinski definition) is 3. The van der Waals surface area contributed by atoms with Crippen molar-refractivity contribution in [3.05, 3.63) is 0 Å². The van der Waals surface area contributed by atoms with E-state index in [0.29, 0.717) is 12.8 Å². The minimum atomic E-state index is -0.671. The number of carboxylic acids is 1. The zero-order valence-corrected chi connectivity index (χ0v) is 30.7. The lowest BCUT2D eigenvalue weighted by Crippen LogP contribution is -2.18. The van der Waals surface area contributed by atoms with Crippen molar-refractivity contribution in [1.29, 1.82) is 0 Å². The number of carbonyl (C=O) groups excluding carboxylic acids is 1. The number of esters is 1. The molecule has 0 amide bonds. The molecule has 0 aromatic rings. The van der Waals surface area contributed by atoms with Gasteiger partial charge in [-0.15, -0.1) is 0 Å². The van der Waals surface area contributed by atoms with Gasteiger partial charge in [0.1, 0.15) is 6.10 Å². The molecule has 0 aliphatic rings. The molecule has 0 radical (unpaired) electrons. The third-order valence-electron chi connectivity index (χ3n) is 9.58. The Kier molecular flexibility index (Phi) is 36.5. The summed E-state index contributed by atoms with van der Waals surface area (Å²) in [4.78, 5) is 23.3. The molecule has 0 fully saturated rings. The van der Waals surface area contributed by atoms with E-state index in [4.69, 9.17) is 9.84 Å². The van der Waals surface area contributed by atoms with E-state index in [1.54, 1.807) is 0 Å². The highest BCUT2D eigenvalue weighted by molar-refractivity contribution is 5.69. The van der Waals surface area contributed by atoms with Crippen LogP contribution in [-0.4, -0.2) is 23.1 Å². The summed E-state index contributed by atoms with van der Waals surface area (Å²) in [5.41, 5.74) is 0. The van der Waals surface area contributed by atoms with Gasteiger partial charge in [0.25, 0.3) is 0 Å². The maximum absolute atomic E-state index is 12.7. The quantitative estimate of drug-likeness (QED) is 0.0541. The Bertz CT molecular complexity index is 604. The molecule has 4 heteroatoms. The Balaban J connectivity index is 3.98. The third-order valence-corrected chi connectivity index (χ3v) is 9.58. The van der Waals surface area contributed by atoms with E-state index in [0.717, 1.165) is 38.5 Å². The lowest BCUT2D eigenvalue weighted by Gasteiger charge is -2.18. The van der Waals surface area contributed by atoms with Crippen molar-refractivity contribution >= 4 is 11.9 Å². The Hall–Kier alpha value is -1.06. The molecular weight excluding hydrogens is 556 g/mol. The van der Waals surface area contributed by atoms with E-state index < -0.39 is 5.97 Å². The highest BCUT2D eigenvalue weighted by atomic mass is 16.5.